The zero-order chi connectivity index (χ0) is 20.6. The zero-order valence-electron chi connectivity index (χ0n) is 16.0. The first kappa shape index (κ1) is 19.9. The average molecular weight is 390 g/mol. The minimum atomic E-state index is -0.275. The zero-order valence-corrected chi connectivity index (χ0v) is 16.0. The Morgan fingerprint density at radius 1 is 0.793 bits per heavy atom. The molecular formula is C22H22N4O3. The second-order valence-corrected chi connectivity index (χ2v) is 6.41. The molecule has 2 aromatic carbocycles. The van der Waals surface area contributed by atoms with Crippen molar-refractivity contribution in [2.75, 3.05) is 18.4 Å². The van der Waals surface area contributed by atoms with Crippen molar-refractivity contribution in [3.63, 3.8) is 0 Å². The molecule has 0 saturated carbocycles. The van der Waals surface area contributed by atoms with Crippen molar-refractivity contribution < 1.29 is 14.4 Å². The highest BCUT2D eigenvalue weighted by atomic mass is 16.2. The van der Waals surface area contributed by atoms with Crippen LogP contribution in [-0.4, -0.2) is 35.4 Å². The molecule has 1 aromatic heterocycles. The second kappa shape index (κ2) is 9.36. The van der Waals surface area contributed by atoms with Gasteiger partial charge in [-0.3, -0.25) is 14.4 Å². The van der Waals surface area contributed by atoms with E-state index in [4.69, 9.17) is 0 Å². The number of carbonyl (C=O) groups is 3. The Balaban J connectivity index is 1.46. The van der Waals surface area contributed by atoms with E-state index in [2.05, 4.69) is 16.0 Å². The van der Waals surface area contributed by atoms with Crippen molar-refractivity contribution in [3.8, 4) is 5.69 Å². The highest BCUT2D eigenvalue weighted by Crippen LogP contribution is 2.11. The number of nitrogens with zero attached hydrogens (tertiary/aromatic N) is 1. The lowest BCUT2D eigenvalue weighted by atomic mass is 10.2. The summed E-state index contributed by atoms with van der Waals surface area (Å²) in [5, 5.41) is 8.16. The molecule has 3 rings (SSSR count). The lowest BCUT2D eigenvalue weighted by molar-refractivity contribution is -0.114. The van der Waals surface area contributed by atoms with E-state index in [9.17, 15) is 14.4 Å². The molecule has 7 nitrogen and oxygen atoms in total. The molecule has 0 bridgehead atoms. The highest BCUT2D eigenvalue weighted by molar-refractivity contribution is 5.97. The molecule has 3 aromatic rings. The third-order valence-electron chi connectivity index (χ3n) is 4.17. The van der Waals surface area contributed by atoms with E-state index in [0.717, 1.165) is 5.69 Å². The van der Waals surface area contributed by atoms with Crippen LogP contribution in [0.4, 0.5) is 5.69 Å². The Morgan fingerprint density at radius 3 is 2.03 bits per heavy atom. The second-order valence-electron chi connectivity index (χ2n) is 6.41. The van der Waals surface area contributed by atoms with Crippen LogP contribution in [0.25, 0.3) is 5.69 Å². The number of hydrogen-bond acceptors (Lipinski definition) is 3. The van der Waals surface area contributed by atoms with E-state index in [-0.39, 0.29) is 24.3 Å². The number of amides is 3. The molecule has 148 valence electrons. The van der Waals surface area contributed by atoms with E-state index in [1.807, 2.05) is 41.2 Å². The summed E-state index contributed by atoms with van der Waals surface area (Å²) in [7, 11) is 0. The smallest absolute Gasteiger partial charge is 0.251 e. The lowest BCUT2D eigenvalue weighted by Gasteiger charge is -2.09. The third kappa shape index (κ3) is 5.55. The van der Waals surface area contributed by atoms with Crippen LogP contribution in [0.1, 0.15) is 27.6 Å². The first-order valence-corrected chi connectivity index (χ1v) is 9.20. The SMILES string of the molecule is CC(=O)Nc1cccc(C(=O)NCCNC(=O)c2ccc(-n3cccc3)cc2)c1. The van der Waals surface area contributed by atoms with Gasteiger partial charge in [0, 0.05) is 54.9 Å². The number of anilines is 1. The number of carbonyl (C=O) groups excluding carboxylic acids is 3. The molecule has 0 saturated heterocycles. The molecule has 0 aliphatic carbocycles. The maximum Gasteiger partial charge on any atom is 0.251 e. The van der Waals surface area contributed by atoms with E-state index >= 15 is 0 Å². The molecule has 0 unspecified atom stereocenters. The Hall–Kier alpha value is -3.87. The van der Waals surface area contributed by atoms with Gasteiger partial charge in [-0.25, -0.2) is 0 Å². The van der Waals surface area contributed by atoms with Gasteiger partial charge in [-0.05, 0) is 54.6 Å². The summed E-state index contributed by atoms with van der Waals surface area (Å²) in [6.07, 6.45) is 3.87. The molecule has 0 spiro atoms. The predicted octanol–water partition coefficient (Wildman–Crippen LogP) is 2.60. The van der Waals surface area contributed by atoms with Gasteiger partial charge in [0.1, 0.15) is 0 Å². The van der Waals surface area contributed by atoms with E-state index < -0.39 is 0 Å². The van der Waals surface area contributed by atoms with Crippen LogP contribution in [0.3, 0.4) is 0 Å². The Morgan fingerprint density at radius 2 is 1.41 bits per heavy atom. The van der Waals surface area contributed by atoms with Crippen molar-refractivity contribution >= 4 is 23.4 Å². The monoisotopic (exact) mass is 390 g/mol. The topological polar surface area (TPSA) is 92.2 Å². The summed E-state index contributed by atoms with van der Waals surface area (Å²) in [4.78, 5) is 35.6. The van der Waals surface area contributed by atoms with Gasteiger partial charge in [-0.1, -0.05) is 6.07 Å². The van der Waals surface area contributed by atoms with Gasteiger partial charge < -0.3 is 20.5 Å². The minimum absolute atomic E-state index is 0.202. The normalized spacial score (nSPS) is 10.2. The minimum Gasteiger partial charge on any atom is -0.350 e. The van der Waals surface area contributed by atoms with Crippen molar-refractivity contribution in [2.24, 2.45) is 0 Å². The molecule has 0 fully saturated rings. The summed E-state index contributed by atoms with van der Waals surface area (Å²) >= 11 is 0. The summed E-state index contributed by atoms with van der Waals surface area (Å²) in [6.45, 7) is 2.00. The van der Waals surface area contributed by atoms with Gasteiger partial charge >= 0.3 is 0 Å². The molecule has 3 amide bonds. The van der Waals surface area contributed by atoms with Gasteiger partial charge in [-0.15, -0.1) is 0 Å². The van der Waals surface area contributed by atoms with Crippen LogP contribution in [0.15, 0.2) is 73.1 Å². The largest absolute Gasteiger partial charge is 0.350 e. The highest BCUT2D eigenvalue weighted by Gasteiger charge is 2.08. The number of nitrogens with one attached hydrogen (secondary N) is 3. The molecule has 29 heavy (non-hydrogen) atoms. The van der Waals surface area contributed by atoms with Crippen LogP contribution in [0, 0.1) is 0 Å². The van der Waals surface area contributed by atoms with Crippen LogP contribution >= 0.6 is 0 Å². The van der Waals surface area contributed by atoms with Gasteiger partial charge in [0.25, 0.3) is 11.8 Å². The lowest BCUT2D eigenvalue weighted by Crippen LogP contribution is -2.34. The fourth-order valence-electron chi connectivity index (χ4n) is 2.79. The Kier molecular flexibility index (Phi) is 6.42. The fraction of sp³-hybridized carbons (Fsp3) is 0.136. The maximum absolute atomic E-state index is 12.2. The summed E-state index contributed by atoms with van der Waals surface area (Å²) in [5.74, 6) is -0.680. The number of benzene rings is 2. The van der Waals surface area contributed by atoms with Crippen LogP contribution in [-0.2, 0) is 4.79 Å². The van der Waals surface area contributed by atoms with Crippen LogP contribution in [0.5, 0.6) is 0 Å². The molecular weight excluding hydrogens is 368 g/mol. The quantitative estimate of drug-likeness (QED) is 0.542. The Labute approximate surface area is 168 Å². The first-order chi connectivity index (χ1) is 14.0. The molecule has 1 heterocycles. The van der Waals surface area contributed by atoms with Gasteiger partial charge in [0.2, 0.25) is 5.91 Å². The maximum atomic E-state index is 12.2. The van der Waals surface area contributed by atoms with Crippen molar-refractivity contribution in [1.82, 2.24) is 15.2 Å². The van der Waals surface area contributed by atoms with Crippen molar-refractivity contribution in [2.45, 2.75) is 6.92 Å². The first-order valence-electron chi connectivity index (χ1n) is 9.20. The molecule has 0 radical (unpaired) electrons. The molecule has 0 aliphatic rings. The molecule has 0 aliphatic heterocycles. The van der Waals surface area contributed by atoms with Crippen LogP contribution < -0.4 is 16.0 Å². The summed E-state index contributed by atoms with van der Waals surface area (Å²) < 4.78 is 1.96. The predicted molar refractivity (Wildman–Crippen MR) is 111 cm³/mol. The molecule has 7 heteroatoms. The van der Waals surface area contributed by atoms with Gasteiger partial charge in [-0.2, -0.15) is 0 Å². The van der Waals surface area contributed by atoms with E-state index in [1.165, 1.54) is 6.92 Å². The van der Waals surface area contributed by atoms with Gasteiger partial charge in [0.15, 0.2) is 0 Å². The number of rotatable bonds is 7. The molecule has 0 atom stereocenters. The van der Waals surface area contributed by atoms with Crippen molar-refractivity contribution in [3.05, 3.63) is 84.2 Å². The summed E-state index contributed by atoms with van der Waals surface area (Å²) in [5.41, 5.74) is 2.51. The standard InChI is InChI=1S/C22H22N4O3/c1-16(27)25-19-6-4-5-18(15-19)22(29)24-12-11-23-21(28)17-7-9-20(10-8-17)26-13-2-3-14-26/h2-10,13-15H,11-12H2,1H3,(H,23,28)(H,24,29)(H,25,27). The number of aromatic nitrogens is 1. The van der Waals surface area contributed by atoms with Crippen molar-refractivity contribution in [1.29, 1.82) is 0 Å². The van der Waals surface area contributed by atoms with E-state index in [0.29, 0.717) is 23.4 Å². The summed E-state index contributed by atoms with van der Waals surface area (Å²) in [6, 6.07) is 17.8. The fourth-order valence-corrected chi connectivity index (χ4v) is 2.79. The van der Waals surface area contributed by atoms with E-state index in [1.54, 1.807) is 36.4 Å². The van der Waals surface area contributed by atoms with Crippen LogP contribution in [0.2, 0.25) is 0 Å². The molecule has 3 N–H and O–H groups in total. The number of hydrogen-bond donors (Lipinski definition) is 3. The average Bonchev–Trinajstić information content (AvgIpc) is 3.25. The third-order valence-corrected chi connectivity index (χ3v) is 4.17. The van der Waals surface area contributed by atoms with Gasteiger partial charge in [0.05, 0.1) is 0 Å². The Bertz CT molecular complexity index is 995.